The Bertz CT molecular complexity index is 1140. The first-order valence-electron chi connectivity index (χ1n) is 10.6. The standard InChI is InChI=1S/C23H24ClN5O2/c1-15(22(31)28-10-8-23(6-7-23)9-11-28)26-21(30)16-3-5-20(25-13-16)29-14-17-2-4-18(24)12-19(17)27-29/h2-5,12-15H,6-11H2,1H3,(H,26,30)/t15-/m1/s1. The SMILES string of the molecule is C[C@@H](NC(=O)c1ccc(-n2cc3ccc(Cl)cc3n2)nc1)C(=O)N1CCC2(CC1)CC2. The van der Waals surface area contributed by atoms with Crippen molar-refractivity contribution in [1.82, 2.24) is 25.0 Å². The third kappa shape index (κ3) is 4.02. The van der Waals surface area contributed by atoms with Gasteiger partial charge in [-0.2, -0.15) is 5.10 Å². The van der Waals surface area contributed by atoms with Gasteiger partial charge in [0.25, 0.3) is 5.91 Å². The van der Waals surface area contributed by atoms with E-state index >= 15 is 0 Å². The number of carbonyl (C=O) groups is 2. The summed E-state index contributed by atoms with van der Waals surface area (Å²) in [6.07, 6.45) is 8.12. The zero-order chi connectivity index (χ0) is 21.6. The number of benzene rings is 1. The molecule has 0 radical (unpaired) electrons. The largest absolute Gasteiger partial charge is 0.341 e. The summed E-state index contributed by atoms with van der Waals surface area (Å²) >= 11 is 6.02. The van der Waals surface area contributed by atoms with Gasteiger partial charge in [0.05, 0.1) is 11.1 Å². The molecule has 1 atom stereocenters. The van der Waals surface area contributed by atoms with E-state index in [1.54, 1.807) is 29.8 Å². The van der Waals surface area contributed by atoms with Crippen LogP contribution in [0.15, 0.2) is 42.7 Å². The molecule has 2 aliphatic rings. The second-order valence-corrected chi connectivity index (χ2v) is 9.14. The summed E-state index contributed by atoms with van der Waals surface area (Å²) in [7, 11) is 0. The van der Waals surface area contributed by atoms with Gasteiger partial charge in [0, 0.05) is 35.9 Å². The first-order chi connectivity index (χ1) is 14.9. The number of fused-ring (bicyclic) bond motifs is 1. The van der Waals surface area contributed by atoms with E-state index in [0.29, 0.717) is 21.8 Å². The van der Waals surface area contributed by atoms with Gasteiger partial charge in [0.15, 0.2) is 5.82 Å². The molecule has 2 fully saturated rings. The molecular weight excluding hydrogens is 414 g/mol. The Morgan fingerprint density at radius 2 is 1.90 bits per heavy atom. The summed E-state index contributed by atoms with van der Waals surface area (Å²) in [4.78, 5) is 31.6. The Labute approximate surface area is 185 Å². The van der Waals surface area contributed by atoms with E-state index in [-0.39, 0.29) is 11.8 Å². The molecule has 8 heteroatoms. The number of piperidine rings is 1. The fourth-order valence-electron chi connectivity index (χ4n) is 4.26. The molecule has 1 aliphatic heterocycles. The van der Waals surface area contributed by atoms with Crippen molar-refractivity contribution >= 4 is 34.3 Å². The van der Waals surface area contributed by atoms with Crippen molar-refractivity contribution in [2.45, 2.75) is 38.6 Å². The lowest BCUT2D eigenvalue weighted by Gasteiger charge is -2.33. The lowest BCUT2D eigenvalue weighted by atomic mass is 9.93. The fourth-order valence-corrected chi connectivity index (χ4v) is 4.42. The molecule has 1 saturated heterocycles. The highest BCUT2D eigenvalue weighted by Crippen LogP contribution is 2.53. The van der Waals surface area contributed by atoms with Crippen LogP contribution in [0, 0.1) is 5.41 Å². The Morgan fingerprint density at radius 3 is 2.58 bits per heavy atom. The number of rotatable bonds is 4. The summed E-state index contributed by atoms with van der Waals surface area (Å²) in [6, 6.07) is 8.35. The van der Waals surface area contributed by atoms with Gasteiger partial charge in [-0.1, -0.05) is 11.6 Å². The molecule has 1 aromatic carbocycles. The number of pyridine rings is 1. The van der Waals surface area contributed by atoms with Gasteiger partial charge in [-0.25, -0.2) is 9.67 Å². The lowest BCUT2D eigenvalue weighted by Crippen LogP contribution is -2.49. The minimum atomic E-state index is -0.568. The molecule has 5 rings (SSSR count). The van der Waals surface area contributed by atoms with Gasteiger partial charge in [-0.3, -0.25) is 9.59 Å². The predicted molar refractivity (Wildman–Crippen MR) is 118 cm³/mol. The zero-order valence-electron chi connectivity index (χ0n) is 17.3. The monoisotopic (exact) mass is 437 g/mol. The number of hydrogen-bond donors (Lipinski definition) is 1. The van der Waals surface area contributed by atoms with Crippen molar-refractivity contribution in [3.05, 3.63) is 53.3 Å². The molecule has 160 valence electrons. The maximum Gasteiger partial charge on any atom is 0.253 e. The lowest BCUT2D eigenvalue weighted by molar-refractivity contribution is -0.134. The Balaban J connectivity index is 1.22. The van der Waals surface area contributed by atoms with Crippen molar-refractivity contribution in [3.8, 4) is 5.82 Å². The molecule has 7 nitrogen and oxygen atoms in total. The summed E-state index contributed by atoms with van der Waals surface area (Å²) in [5, 5.41) is 8.86. The molecule has 1 saturated carbocycles. The van der Waals surface area contributed by atoms with Gasteiger partial charge in [0.2, 0.25) is 5.91 Å². The summed E-state index contributed by atoms with van der Waals surface area (Å²) in [5.74, 6) is 0.263. The first kappa shape index (κ1) is 20.0. The van der Waals surface area contributed by atoms with Crippen molar-refractivity contribution < 1.29 is 9.59 Å². The van der Waals surface area contributed by atoms with Crippen molar-refractivity contribution in [3.63, 3.8) is 0 Å². The molecule has 2 amide bonds. The van der Waals surface area contributed by atoms with Crippen molar-refractivity contribution in [1.29, 1.82) is 0 Å². The maximum atomic E-state index is 12.7. The number of likely N-dealkylation sites (tertiary alicyclic amines) is 1. The Hall–Kier alpha value is -2.93. The van der Waals surface area contributed by atoms with Crippen LogP contribution in [0.4, 0.5) is 0 Å². The van der Waals surface area contributed by atoms with Crippen LogP contribution in [0.25, 0.3) is 16.7 Å². The minimum absolute atomic E-state index is 0.0182. The molecule has 0 bridgehead atoms. The normalized spacial score (nSPS) is 18.2. The molecule has 3 aromatic rings. The second-order valence-electron chi connectivity index (χ2n) is 8.70. The second kappa shape index (κ2) is 7.64. The van der Waals surface area contributed by atoms with Gasteiger partial charge >= 0.3 is 0 Å². The molecule has 1 N–H and O–H groups in total. The molecule has 1 spiro atoms. The van der Waals surface area contributed by atoms with Gasteiger partial charge in [-0.05, 0) is 68.4 Å². The minimum Gasteiger partial charge on any atom is -0.341 e. The van der Waals surface area contributed by atoms with Gasteiger partial charge in [-0.15, -0.1) is 0 Å². The average molecular weight is 438 g/mol. The average Bonchev–Trinajstić information content (AvgIpc) is 3.39. The number of amides is 2. The summed E-state index contributed by atoms with van der Waals surface area (Å²) in [5.41, 5.74) is 1.69. The van der Waals surface area contributed by atoms with E-state index < -0.39 is 6.04 Å². The van der Waals surface area contributed by atoms with Crippen LogP contribution in [0.1, 0.15) is 43.0 Å². The van der Waals surface area contributed by atoms with Crippen LogP contribution in [-0.4, -0.2) is 50.6 Å². The number of carbonyl (C=O) groups excluding carboxylic acids is 2. The fraction of sp³-hybridized carbons (Fsp3) is 0.391. The van der Waals surface area contributed by atoms with E-state index in [9.17, 15) is 9.59 Å². The van der Waals surface area contributed by atoms with Crippen LogP contribution >= 0.6 is 11.6 Å². The van der Waals surface area contributed by atoms with Crippen LogP contribution < -0.4 is 5.32 Å². The van der Waals surface area contributed by atoms with E-state index in [2.05, 4.69) is 15.4 Å². The topological polar surface area (TPSA) is 80.1 Å². The summed E-state index contributed by atoms with van der Waals surface area (Å²) < 4.78 is 1.65. The molecular formula is C23H24ClN5O2. The smallest absolute Gasteiger partial charge is 0.253 e. The maximum absolute atomic E-state index is 12.7. The molecule has 1 aliphatic carbocycles. The van der Waals surface area contributed by atoms with E-state index in [1.807, 2.05) is 23.2 Å². The first-order valence-corrected chi connectivity index (χ1v) is 11.0. The van der Waals surface area contributed by atoms with Crippen molar-refractivity contribution in [2.24, 2.45) is 5.41 Å². The van der Waals surface area contributed by atoms with Crippen LogP contribution in [-0.2, 0) is 4.79 Å². The predicted octanol–water partition coefficient (Wildman–Crippen LogP) is 3.59. The number of nitrogens with one attached hydrogen (secondary N) is 1. The van der Waals surface area contributed by atoms with E-state index in [4.69, 9.17) is 11.6 Å². The highest BCUT2D eigenvalue weighted by atomic mass is 35.5. The third-order valence-corrected chi connectivity index (χ3v) is 6.76. The van der Waals surface area contributed by atoms with Crippen LogP contribution in [0.2, 0.25) is 5.02 Å². The number of aromatic nitrogens is 3. The van der Waals surface area contributed by atoms with E-state index in [1.165, 1.54) is 19.0 Å². The van der Waals surface area contributed by atoms with Gasteiger partial charge in [0.1, 0.15) is 6.04 Å². The Kier molecular flexibility index (Phi) is 4.93. The van der Waals surface area contributed by atoms with E-state index in [0.717, 1.165) is 36.8 Å². The van der Waals surface area contributed by atoms with Crippen LogP contribution in [0.3, 0.4) is 0 Å². The highest BCUT2D eigenvalue weighted by Gasteiger charge is 2.45. The Morgan fingerprint density at radius 1 is 1.13 bits per heavy atom. The highest BCUT2D eigenvalue weighted by molar-refractivity contribution is 6.31. The summed E-state index contributed by atoms with van der Waals surface area (Å²) in [6.45, 7) is 3.32. The quantitative estimate of drug-likeness (QED) is 0.676. The number of halogens is 1. The molecule has 0 unspecified atom stereocenters. The molecule has 3 heterocycles. The zero-order valence-corrected chi connectivity index (χ0v) is 18.1. The number of hydrogen-bond acceptors (Lipinski definition) is 4. The number of nitrogens with zero attached hydrogens (tertiary/aromatic N) is 4. The molecule has 31 heavy (non-hydrogen) atoms. The van der Waals surface area contributed by atoms with Crippen LogP contribution in [0.5, 0.6) is 0 Å². The third-order valence-electron chi connectivity index (χ3n) is 6.53. The van der Waals surface area contributed by atoms with Gasteiger partial charge < -0.3 is 10.2 Å². The molecule has 2 aromatic heterocycles. The van der Waals surface area contributed by atoms with Crippen molar-refractivity contribution in [2.75, 3.05) is 13.1 Å².